The third-order valence-corrected chi connectivity index (χ3v) is 8.93. The van der Waals surface area contributed by atoms with Crippen LogP contribution in [0.15, 0.2) is 83.8 Å². The predicted molar refractivity (Wildman–Crippen MR) is 156 cm³/mol. The van der Waals surface area contributed by atoms with Crippen LogP contribution >= 0.6 is 23.2 Å². The number of nitrogens with zero attached hydrogens (tertiary/aromatic N) is 2. The zero-order valence-electron chi connectivity index (χ0n) is 22.2. The van der Waals surface area contributed by atoms with Gasteiger partial charge in [-0.3, -0.25) is 13.9 Å². The molecule has 0 spiro atoms. The van der Waals surface area contributed by atoms with Crippen molar-refractivity contribution in [1.82, 2.24) is 10.2 Å². The Bertz CT molecular complexity index is 1350. The maximum atomic E-state index is 14.0. The van der Waals surface area contributed by atoms with Crippen molar-refractivity contribution in [2.24, 2.45) is 0 Å². The van der Waals surface area contributed by atoms with Gasteiger partial charge in [0, 0.05) is 28.2 Å². The van der Waals surface area contributed by atoms with Crippen molar-refractivity contribution in [3.05, 3.63) is 94.5 Å². The molecular weight excluding hydrogens is 557 g/mol. The number of anilines is 1. The summed E-state index contributed by atoms with van der Waals surface area (Å²) in [5.41, 5.74) is 0.795. The zero-order valence-corrected chi connectivity index (χ0v) is 24.5. The quantitative estimate of drug-likeness (QED) is 0.284. The number of sulfonamides is 1. The van der Waals surface area contributed by atoms with E-state index < -0.39 is 28.5 Å². The van der Waals surface area contributed by atoms with Crippen LogP contribution in [0.4, 0.5) is 5.69 Å². The van der Waals surface area contributed by atoms with Gasteiger partial charge in [0.1, 0.15) is 12.6 Å². The monoisotopic (exact) mass is 589 g/mol. The number of nitrogens with one attached hydrogen (secondary N) is 1. The van der Waals surface area contributed by atoms with Crippen LogP contribution in [0.3, 0.4) is 0 Å². The SMILES string of the molecule is CCC(C)NC(=O)C(CC)N(Cc1c(Cl)cccc1Cl)C(=O)CN(c1ccccc1)S(=O)(=O)c1ccccc1. The first kappa shape index (κ1) is 30.5. The first-order valence-corrected chi connectivity index (χ1v) is 14.9. The lowest BCUT2D eigenvalue weighted by molar-refractivity contribution is -0.140. The molecule has 0 aliphatic rings. The smallest absolute Gasteiger partial charge is 0.264 e. The summed E-state index contributed by atoms with van der Waals surface area (Å²) in [6.45, 7) is 5.02. The largest absolute Gasteiger partial charge is 0.352 e. The van der Waals surface area contributed by atoms with Crippen molar-refractivity contribution in [3.8, 4) is 0 Å². The minimum absolute atomic E-state index is 0.0453. The summed E-state index contributed by atoms with van der Waals surface area (Å²) in [4.78, 5) is 28.8. The van der Waals surface area contributed by atoms with Gasteiger partial charge in [-0.15, -0.1) is 0 Å². The number of amides is 2. The molecule has 10 heteroatoms. The predicted octanol–water partition coefficient (Wildman–Crippen LogP) is 5.91. The topological polar surface area (TPSA) is 86.8 Å². The van der Waals surface area contributed by atoms with E-state index in [1.807, 2.05) is 13.8 Å². The van der Waals surface area contributed by atoms with Gasteiger partial charge in [-0.1, -0.05) is 79.5 Å². The summed E-state index contributed by atoms with van der Waals surface area (Å²) in [6.07, 6.45) is 1.01. The number of para-hydroxylation sites is 1. The Hall–Kier alpha value is -3.07. The van der Waals surface area contributed by atoms with Crippen LogP contribution in [0, 0.1) is 0 Å². The van der Waals surface area contributed by atoms with Gasteiger partial charge in [0.2, 0.25) is 11.8 Å². The molecule has 0 aliphatic carbocycles. The van der Waals surface area contributed by atoms with E-state index in [0.29, 0.717) is 34.1 Å². The molecule has 0 aliphatic heterocycles. The van der Waals surface area contributed by atoms with Gasteiger partial charge in [-0.25, -0.2) is 8.42 Å². The minimum Gasteiger partial charge on any atom is -0.352 e. The molecule has 0 radical (unpaired) electrons. The molecule has 0 aromatic heterocycles. The summed E-state index contributed by atoms with van der Waals surface area (Å²) in [5.74, 6) is -0.902. The standard InChI is InChI=1S/C29H33Cl2N3O4S/c1-4-21(3)32-29(36)27(5-2)33(19-24-25(30)17-12-18-26(24)31)28(35)20-34(22-13-8-6-9-14-22)39(37,38)23-15-10-7-11-16-23/h6-18,21,27H,4-5,19-20H2,1-3H3,(H,32,36). The molecule has 0 saturated heterocycles. The van der Waals surface area contributed by atoms with Gasteiger partial charge in [0.15, 0.2) is 0 Å². The highest BCUT2D eigenvalue weighted by molar-refractivity contribution is 7.92. The van der Waals surface area contributed by atoms with Crippen LogP contribution in [0.1, 0.15) is 39.2 Å². The highest BCUT2D eigenvalue weighted by atomic mass is 35.5. The Kier molecular flexibility index (Phi) is 10.8. The molecule has 2 unspecified atom stereocenters. The van der Waals surface area contributed by atoms with Gasteiger partial charge in [-0.05, 0) is 56.2 Å². The second kappa shape index (κ2) is 13.8. The second-order valence-corrected chi connectivity index (χ2v) is 11.8. The summed E-state index contributed by atoms with van der Waals surface area (Å²) >= 11 is 12.9. The lowest BCUT2D eigenvalue weighted by Crippen LogP contribution is -2.53. The molecule has 0 fully saturated rings. The van der Waals surface area contributed by atoms with Gasteiger partial charge >= 0.3 is 0 Å². The molecule has 0 saturated carbocycles. The van der Waals surface area contributed by atoms with Crippen molar-refractivity contribution in [3.63, 3.8) is 0 Å². The molecule has 2 atom stereocenters. The average Bonchev–Trinajstić information content (AvgIpc) is 2.93. The molecule has 1 N–H and O–H groups in total. The van der Waals surface area contributed by atoms with Crippen molar-refractivity contribution < 1.29 is 18.0 Å². The van der Waals surface area contributed by atoms with Crippen molar-refractivity contribution in [2.45, 2.75) is 57.1 Å². The Morgan fingerprint density at radius 1 is 0.846 bits per heavy atom. The number of carbonyl (C=O) groups is 2. The first-order valence-electron chi connectivity index (χ1n) is 12.8. The third kappa shape index (κ3) is 7.53. The highest BCUT2D eigenvalue weighted by Crippen LogP contribution is 2.28. The van der Waals surface area contributed by atoms with Crippen molar-refractivity contribution >= 4 is 50.7 Å². The number of hydrogen-bond donors (Lipinski definition) is 1. The van der Waals surface area contributed by atoms with Crippen molar-refractivity contribution in [1.29, 1.82) is 0 Å². The van der Waals surface area contributed by atoms with E-state index >= 15 is 0 Å². The van der Waals surface area contributed by atoms with E-state index in [1.165, 1.54) is 17.0 Å². The van der Waals surface area contributed by atoms with Crippen LogP contribution in [-0.2, 0) is 26.2 Å². The number of hydrogen-bond acceptors (Lipinski definition) is 4. The fraction of sp³-hybridized carbons (Fsp3) is 0.310. The van der Waals surface area contributed by atoms with E-state index in [4.69, 9.17) is 23.2 Å². The molecule has 208 valence electrons. The Morgan fingerprint density at radius 2 is 1.41 bits per heavy atom. The Morgan fingerprint density at radius 3 is 1.95 bits per heavy atom. The minimum atomic E-state index is -4.11. The van der Waals surface area contributed by atoms with E-state index in [-0.39, 0.29) is 23.4 Å². The molecule has 7 nitrogen and oxygen atoms in total. The number of halogens is 2. The molecular formula is C29H33Cl2N3O4S. The summed E-state index contributed by atoms with van der Waals surface area (Å²) in [7, 11) is -4.11. The lowest BCUT2D eigenvalue weighted by atomic mass is 10.1. The van der Waals surface area contributed by atoms with E-state index in [2.05, 4.69) is 5.32 Å². The molecule has 3 rings (SSSR count). The number of rotatable bonds is 12. The maximum absolute atomic E-state index is 14.0. The fourth-order valence-electron chi connectivity index (χ4n) is 4.06. The normalized spacial score (nSPS) is 12.8. The van der Waals surface area contributed by atoms with E-state index in [9.17, 15) is 18.0 Å². The molecule has 0 heterocycles. The van der Waals surface area contributed by atoms with E-state index in [1.54, 1.807) is 73.7 Å². The van der Waals surface area contributed by atoms with Crippen LogP contribution in [-0.4, -0.2) is 43.8 Å². The fourth-order valence-corrected chi connectivity index (χ4v) is 6.01. The summed E-state index contributed by atoms with van der Waals surface area (Å²) < 4.78 is 28.6. The van der Waals surface area contributed by atoms with Crippen LogP contribution in [0.5, 0.6) is 0 Å². The van der Waals surface area contributed by atoms with E-state index in [0.717, 1.165) is 4.31 Å². The molecule has 3 aromatic carbocycles. The molecule has 0 bridgehead atoms. The van der Waals surface area contributed by atoms with Gasteiger partial charge < -0.3 is 10.2 Å². The van der Waals surface area contributed by atoms with Crippen LogP contribution in [0.25, 0.3) is 0 Å². The number of benzene rings is 3. The Balaban J connectivity index is 2.07. The average molecular weight is 591 g/mol. The zero-order chi connectivity index (χ0) is 28.6. The third-order valence-electron chi connectivity index (χ3n) is 6.43. The summed E-state index contributed by atoms with van der Waals surface area (Å²) in [5, 5.41) is 3.63. The highest BCUT2D eigenvalue weighted by Gasteiger charge is 2.34. The van der Waals surface area contributed by atoms with Crippen LogP contribution < -0.4 is 9.62 Å². The first-order chi connectivity index (χ1) is 18.6. The Labute approximate surface area is 240 Å². The van der Waals surface area contributed by atoms with Crippen LogP contribution in [0.2, 0.25) is 10.0 Å². The maximum Gasteiger partial charge on any atom is 0.264 e. The van der Waals surface area contributed by atoms with Gasteiger partial charge in [0.05, 0.1) is 10.6 Å². The van der Waals surface area contributed by atoms with Gasteiger partial charge in [0.25, 0.3) is 10.0 Å². The molecule has 2 amide bonds. The van der Waals surface area contributed by atoms with Gasteiger partial charge in [-0.2, -0.15) is 0 Å². The summed E-state index contributed by atoms with van der Waals surface area (Å²) in [6, 6.07) is 20.3. The second-order valence-electron chi connectivity index (χ2n) is 9.12. The lowest BCUT2D eigenvalue weighted by Gasteiger charge is -2.34. The molecule has 3 aromatic rings. The number of carbonyl (C=O) groups excluding carboxylic acids is 2. The van der Waals surface area contributed by atoms with Crippen molar-refractivity contribution in [2.75, 3.05) is 10.8 Å². The molecule has 39 heavy (non-hydrogen) atoms.